The monoisotopic (exact) mass is 469 g/mol. The van der Waals surface area contributed by atoms with E-state index >= 15 is 0 Å². The summed E-state index contributed by atoms with van der Waals surface area (Å²) in [6.07, 6.45) is 3.17. The standard InChI is InChI=1S/C20H25Cl2N5O2S/c1-4-6-9-26(5-2)30(28,29)18-12-27-19(15-8-7-14(21)10-17(15)22)16(11-23)13(3)24-20(27)25-18/h7-8,10,12H,4-6,9,11,23H2,1-3H3. The van der Waals surface area contributed by atoms with E-state index in [-0.39, 0.29) is 17.3 Å². The van der Waals surface area contributed by atoms with Crippen LogP contribution >= 0.6 is 23.2 Å². The number of hydrogen-bond donors (Lipinski definition) is 1. The zero-order valence-corrected chi connectivity index (χ0v) is 19.5. The Hall–Kier alpha value is -1.71. The van der Waals surface area contributed by atoms with Gasteiger partial charge in [-0.1, -0.05) is 43.5 Å². The summed E-state index contributed by atoms with van der Waals surface area (Å²) in [4.78, 5) is 8.82. The van der Waals surface area contributed by atoms with Crippen LogP contribution in [0.2, 0.25) is 10.0 Å². The highest BCUT2D eigenvalue weighted by Crippen LogP contribution is 2.34. The van der Waals surface area contributed by atoms with Gasteiger partial charge in [0.2, 0.25) is 5.78 Å². The molecule has 0 radical (unpaired) electrons. The Morgan fingerprint density at radius 1 is 1.20 bits per heavy atom. The van der Waals surface area contributed by atoms with Gasteiger partial charge in [0.15, 0.2) is 5.03 Å². The van der Waals surface area contributed by atoms with Gasteiger partial charge in [-0.15, -0.1) is 0 Å². The van der Waals surface area contributed by atoms with Crippen molar-refractivity contribution in [3.63, 3.8) is 0 Å². The van der Waals surface area contributed by atoms with E-state index < -0.39 is 10.0 Å². The van der Waals surface area contributed by atoms with Crippen LogP contribution in [0.4, 0.5) is 0 Å². The number of halogens is 2. The maximum Gasteiger partial charge on any atom is 0.262 e. The van der Waals surface area contributed by atoms with E-state index in [2.05, 4.69) is 9.97 Å². The fraction of sp³-hybridized carbons (Fsp3) is 0.400. The van der Waals surface area contributed by atoms with Gasteiger partial charge in [0.25, 0.3) is 10.0 Å². The smallest absolute Gasteiger partial charge is 0.262 e. The van der Waals surface area contributed by atoms with Gasteiger partial charge in [-0.3, -0.25) is 4.40 Å². The molecule has 0 spiro atoms. The minimum atomic E-state index is -3.76. The SMILES string of the molecule is CCCCN(CC)S(=O)(=O)c1cn2c(-c3ccc(Cl)cc3Cl)c(CN)c(C)nc2n1. The minimum absolute atomic E-state index is 0.0483. The molecule has 3 aromatic rings. The van der Waals surface area contributed by atoms with Gasteiger partial charge in [-0.2, -0.15) is 9.29 Å². The van der Waals surface area contributed by atoms with Gasteiger partial charge in [0.05, 0.1) is 16.9 Å². The Morgan fingerprint density at radius 3 is 2.53 bits per heavy atom. The molecule has 0 atom stereocenters. The van der Waals surface area contributed by atoms with E-state index in [0.717, 1.165) is 18.4 Å². The van der Waals surface area contributed by atoms with Crippen molar-refractivity contribution in [3.8, 4) is 11.3 Å². The van der Waals surface area contributed by atoms with E-state index in [1.807, 2.05) is 20.8 Å². The van der Waals surface area contributed by atoms with Crippen LogP contribution < -0.4 is 5.73 Å². The Morgan fingerprint density at radius 2 is 1.93 bits per heavy atom. The first kappa shape index (κ1) is 23.0. The molecule has 2 aromatic heterocycles. The Bertz CT molecular complexity index is 1180. The van der Waals surface area contributed by atoms with Crippen LogP contribution in [0.3, 0.4) is 0 Å². The molecule has 0 fully saturated rings. The van der Waals surface area contributed by atoms with Gasteiger partial charge in [-0.25, -0.2) is 13.4 Å². The summed E-state index contributed by atoms with van der Waals surface area (Å²) in [5.74, 6) is 0.274. The predicted octanol–water partition coefficient (Wildman–Crippen LogP) is 4.28. The molecule has 1 aromatic carbocycles. The van der Waals surface area contributed by atoms with Crippen molar-refractivity contribution in [2.45, 2.75) is 45.2 Å². The molecule has 3 rings (SSSR count). The Balaban J connectivity index is 2.26. The van der Waals surface area contributed by atoms with Crippen molar-refractivity contribution >= 4 is 39.0 Å². The number of unbranched alkanes of at least 4 members (excludes halogenated alkanes) is 1. The number of aryl methyl sites for hydroxylation is 1. The summed E-state index contributed by atoms with van der Waals surface area (Å²) >= 11 is 12.5. The molecule has 0 aliphatic carbocycles. The highest BCUT2D eigenvalue weighted by atomic mass is 35.5. The highest BCUT2D eigenvalue weighted by Gasteiger charge is 2.27. The molecule has 0 bridgehead atoms. The maximum atomic E-state index is 13.2. The molecule has 7 nitrogen and oxygen atoms in total. The summed E-state index contributed by atoms with van der Waals surface area (Å²) in [6, 6.07) is 5.15. The van der Waals surface area contributed by atoms with Crippen LogP contribution in [0.1, 0.15) is 37.9 Å². The molecule has 10 heteroatoms. The topological polar surface area (TPSA) is 93.6 Å². The first-order valence-electron chi connectivity index (χ1n) is 9.78. The predicted molar refractivity (Wildman–Crippen MR) is 120 cm³/mol. The second kappa shape index (κ2) is 9.20. The maximum absolute atomic E-state index is 13.2. The number of rotatable bonds is 8. The first-order valence-corrected chi connectivity index (χ1v) is 12.0. The fourth-order valence-corrected chi connectivity index (χ4v) is 5.29. The van der Waals surface area contributed by atoms with E-state index in [1.54, 1.807) is 22.6 Å². The second-order valence-electron chi connectivity index (χ2n) is 6.95. The summed E-state index contributed by atoms with van der Waals surface area (Å²) in [5.41, 5.74) is 8.77. The van der Waals surface area contributed by atoms with Crippen molar-refractivity contribution in [1.82, 2.24) is 18.7 Å². The Labute approximate surface area is 186 Å². The van der Waals surface area contributed by atoms with Crippen LogP contribution in [0.25, 0.3) is 17.0 Å². The first-order chi connectivity index (χ1) is 14.2. The van der Waals surface area contributed by atoms with E-state index in [9.17, 15) is 8.42 Å². The zero-order valence-electron chi connectivity index (χ0n) is 17.2. The van der Waals surface area contributed by atoms with Gasteiger partial charge in [0, 0.05) is 41.5 Å². The molecule has 0 amide bonds. The van der Waals surface area contributed by atoms with Crippen molar-refractivity contribution in [2.75, 3.05) is 13.1 Å². The Kier molecular flexibility index (Phi) is 7.04. The summed E-state index contributed by atoms with van der Waals surface area (Å²) in [5, 5.41) is 0.886. The van der Waals surface area contributed by atoms with E-state index in [4.69, 9.17) is 28.9 Å². The minimum Gasteiger partial charge on any atom is -0.326 e. The molecule has 0 aliphatic rings. The second-order valence-corrected chi connectivity index (χ2v) is 9.68. The molecule has 0 unspecified atom stereocenters. The van der Waals surface area contributed by atoms with Crippen LogP contribution in [-0.2, 0) is 16.6 Å². The van der Waals surface area contributed by atoms with Crippen LogP contribution in [0.5, 0.6) is 0 Å². The lowest BCUT2D eigenvalue weighted by Crippen LogP contribution is -2.32. The number of hydrogen-bond acceptors (Lipinski definition) is 5. The molecule has 2 N–H and O–H groups in total. The molecular weight excluding hydrogens is 445 g/mol. The number of benzene rings is 1. The molecule has 0 aliphatic heterocycles. The van der Waals surface area contributed by atoms with E-state index in [1.165, 1.54) is 10.5 Å². The summed E-state index contributed by atoms with van der Waals surface area (Å²) < 4.78 is 29.5. The molecule has 2 heterocycles. The third-order valence-corrected chi connectivity index (χ3v) is 7.40. The van der Waals surface area contributed by atoms with Gasteiger partial charge in [-0.05, 0) is 31.5 Å². The lowest BCUT2D eigenvalue weighted by atomic mass is 10.0. The summed E-state index contributed by atoms with van der Waals surface area (Å²) in [6.45, 7) is 6.68. The largest absolute Gasteiger partial charge is 0.326 e. The van der Waals surface area contributed by atoms with Gasteiger partial charge in [0.1, 0.15) is 0 Å². The average molecular weight is 470 g/mol. The molecule has 30 heavy (non-hydrogen) atoms. The third kappa shape index (κ3) is 4.20. The van der Waals surface area contributed by atoms with Gasteiger partial charge >= 0.3 is 0 Å². The summed E-state index contributed by atoms with van der Waals surface area (Å²) in [7, 11) is -3.76. The number of sulfonamides is 1. The van der Waals surface area contributed by atoms with Crippen LogP contribution in [0, 0.1) is 6.92 Å². The quantitative estimate of drug-likeness (QED) is 0.531. The van der Waals surface area contributed by atoms with E-state index in [0.29, 0.717) is 40.1 Å². The number of nitrogens with two attached hydrogens (primary N) is 1. The third-order valence-electron chi connectivity index (χ3n) is 5.00. The van der Waals surface area contributed by atoms with Crippen molar-refractivity contribution in [2.24, 2.45) is 5.73 Å². The number of fused-ring (bicyclic) bond motifs is 1. The highest BCUT2D eigenvalue weighted by molar-refractivity contribution is 7.89. The fourth-order valence-electron chi connectivity index (χ4n) is 3.38. The van der Waals surface area contributed by atoms with Crippen LogP contribution in [-0.4, -0.2) is 40.2 Å². The lowest BCUT2D eigenvalue weighted by Gasteiger charge is -2.18. The number of imidazole rings is 1. The normalized spacial score (nSPS) is 12.2. The molecule has 0 saturated heterocycles. The molecular formula is C20H25Cl2N5O2S. The van der Waals surface area contributed by atoms with Crippen molar-refractivity contribution < 1.29 is 8.42 Å². The lowest BCUT2D eigenvalue weighted by molar-refractivity contribution is 0.417. The van der Waals surface area contributed by atoms with Crippen molar-refractivity contribution in [1.29, 1.82) is 0 Å². The zero-order chi connectivity index (χ0) is 22.1. The number of nitrogens with zero attached hydrogens (tertiary/aromatic N) is 4. The number of aromatic nitrogens is 3. The van der Waals surface area contributed by atoms with Crippen LogP contribution in [0.15, 0.2) is 29.4 Å². The van der Waals surface area contributed by atoms with Crippen molar-refractivity contribution in [3.05, 3.63) is 45.7 Å². The molecule has 162 valence electrons. The molecule has 0 saturated carbocycles. The average Bonchev–Trinajstić information content (AvgIpc) is 3.12. The van der Waals surface area contributed by atoms with Gasteiger partial charge < -0.3 is 5.73 Å².